The molecule has 0 aliphatic rings. The topological polar surface area (TPSA) is 111 Å². The molecule has 1 amide bonds. The summed E-state index contributed by atoms with van der Waals surface area (Å²) in [5.41, 5.74) is -0.0664. The molecule has 1 aromatic carbocycles. The van der Waals surface area contributed by atoms with Gasteiger partial charge in [-0.3, -0.25) is 0 Å². The highest BCUT2D eigenvalue weighted by molar-refractivity contribution is 7.89. The van der Waals surface area contributed by atoms with E-state index in [1.807, 2.05) is 6.07 Å². The quantitative estimate of drug-likeness (QED) is 0.695. The average Bonchev–Trinajstić information content (AvgIpc) is 2.51. The number of alkyl carbamates (subject to hydrolysis) is 1. The maximum atomic E-state index is 12.2. The summed E-state index contributed by atoms with van der Waals surface area (Å²) in [4.78, 5) is 24.1. The molecule has 0 spiro atoms. The number of hydrogen-bond donors (Lipinski definition) is 2. The molecule has 0 bridgehead atoms. The minimum Gasteiger partial charge on any atom is -0.458 e. The van der Waals surface area contributed by atoms with Crippen LogP contribution in [0.15, 0.2) is 30.3 Å². The molecule has 0 aromatic heterocycles. The molecule has 1 atom stereocenters. The van der Waals surface area contributed by atoms with Crippen molar-refractivity contribution in [1.29, 1.82) is 0 Å². The van der Waals surface area contributed by atoms with E-state index in [0.29, 0.717) is 0 Å². The second-order valence-corrected chi connectivity index (χ2v) is 8.25. The highest BCUT2D eigenvalue weighted by Crippen LogP contribution is 2.10. The maximum absolute atomic E-state index is 12.2. The van der Waals surface area contributed by atoms with Gasteiger partial charge >= 0.3 is 12.1 Å². The normalized spacial score (nSPS) is 13.0. The molecule has 0 heterocycles. The Hall–Kier alpha value is -2.13. The Balaban J connectivity index is 2.74. The van der Waals surface area contributed by atoms with E-state index in [9.17, 15) is 18.0 Å². The van der Waals surface area contributed by atoms with E-state index in [0.717, 1.165) is 5.56 Å². The SMILES string of the molecule is CNS(=O)(=O)C[C@@H](NC(=O)OCc1ccccc1)C(=O)OC(C)(C)C. The van der Waals surface area contributed by atoms with Crippen molar-refractivity contribution < 1.29 is 27.5 Å². The van der Waals surface area contributed by atoms with Crippen LogP contribution in [-0.2, 0) is 30.9 Å². The van der Waals surface area contributed by atoms with E-state index >= 15 is 0 Å². The minimum absolute atomic E-state index is 0.00745. The Bertz CT molecular complexity index is 682. The van der Waals surface area contributed by atoms with Crippen molar-refractivity contribution in [2.24, 2.45) is 0 Å². The number of ether oxygens (including phenoxy) is 2. The van der Waals surface area contributed by atoms with Crippen LogP contribution in [0.3, 0.4) is 0 Å². The molecular weight excluding hydrogens is 348 g/mol. The van der Waals surface area contributed by atoms with Crippen LogP contribution in [0.4, 0.5) is 4.79 Å². The fourth-order valence-corrected chi connectivity index (χ4v) is 2.58. The van der Waals surface area contributed by atoms with Crippen molar-refractivity contribution in [3.8, 4) is 0 Å². The minimum atomic E-state index is -3.75. The second-order valence-electron chi connectivity index (χ2n) is 6.28. The van der Waals surface area contributed by atoms with Crippen LogP contribution in [-0.4, -0.2) is 44.9 Å². The molecule has 25 heavy (non-hydrogen) atoms. The van der Waals surface area contributed by atoms with Crippen LogP contribution in [0.5, 0.6) is 0 Å². The number of amides is 1. The van der Waals surface area contributed by atoms with Crippen LogP contribution < -0.4 is 10.0 Å². The van der Waals surface area contributed by atoms with Gasteiger partial charge in [-0.2, -0.15) is 0 Å². The predicted molar refractivity (Wildman–Crippen MR) is 92.2 cm³/mol. The lowest BCUT2D eigenvalue weighted by Gasteiger charge is -2.24. The average molecular weight is 372 g/mol. The zero-order valence-electron chi connectivity index (χ0n) is 14.7. The molecule has 0 aliphatic carbocycles. The maximum Gasteiger partial charge on any atom is 0.408 e. The molecule has 2 N–H and O–H groups in total. The third kappa shape index (κ3) is 8.50. The van der Waals surface area contributed by atoms with E-state index in [-0.39, 0.29) is 6.61 Å². The zero-order valence-corrected chi connectivity index (χ0v) is 15.6. The lowest BCUT2D eigenvalue weighted by Crippen LogP contribution is -2.49. The van der Waals surface area contributed by atoms with Gasteiger partial charge in [0.15, 0.2) is 0 Å². The highest BCUT2D eigenvalue weighted by atomic mass is 32.2. The van der Waals surface area contributed by atoms with E-state index < -0.39 is 39.5 Å². The van der Waals surface area contributed by atoms with Crippen LogP contribution in [0.1, 0.15) is 26.3 Å². The van der Waals surface area contributed by atoms with Gasteiger partial charge in [0.1, 0.15) is 18.2 Å². The van der Waals surface area contributed by atoms with Gasteiger partial charge in [-0.15, -0.1) is 0 Å². The summed E-state index contributed by atoms with van der Waals surface area (Å²) in [6.07, 6.45) is -0.911. The number of nitrogens with one attached hydrogen (secondary N) is 2. The standard InChI is InChI=1S/C16H24N2O6S/c1-16(2,3)24-14(19)13(11-25(21,22)17-4)18-15(20)23-10-12-8-6-5-7-9-12/h5-9,13,17H,10-11H2,1-4H3,(H,18,20)/t13-/m1/s1. The molecule has 1 rings (SSSR count). The number of carbonyl (C=O) groups is 2. The summed E-state index contributed by atoms with van der Waals surface area (Å²) in [6, 6.07) is 7.55. The number of esters is 1. The number of carbonyl (C=O) groups excluding carboxylic acids is 2. The fraction of sp³-hybridized carbons (Fsp3) is 0.500. The van der Waals surface area contributed by atoms with Crippen molar-refractivity contribution in [1.82, 2.24) is 10.0 Å². The molecule has 0 fully saturated rings. The summed E-state index contributed by atoms with van der Waals surface area (Å²) in [6.45, 7) is 4.92. The first-order valence-corrected chi connectivity index (χ1v) is 9.29. The molecule has 0 radical (unpaired) electrons. The summed E-state index contributed by atoms with van der Waals surface area (Å²) in [5, 5.41) is 2.25. The van der Waals surface area contributed by atoms with Gasteiger partial charge in [0.2, 0.25) is 10.0 Å². The highest BCUT2D eigenvalue weighted by Gasteiger charge is 2.31. The molecule has 0 saturated carbocycles. The molecule has 9 heteroatoms. The van der Waals surface area contributed by atoms with Crippen molar-refractivity contribution in [3.63, 3.8) is 0 Å². The number of hydrogen-bond acceptors (Lipinski definition) is 6. The monoisotopic (exact) mass is 372 g/mol. The van der Waals surface area contributed by atoms with Crippen LogP contribution in [0.25, 0.3) is 0 Å². The summed E-state index contributed by atoms with van der Waals surface area (Å²) < 4.78 is 35.7. The van der Waals surface area contributed by atoms with E-state index in [1.165, 1.54) is 7.05 Å². The third-order valence-corrected chi connectivity index (χ3v) is 4.29. The summed E-state index contributed by atoms with van der Waals surface area (Å²) in [5.74, 6) is -1.51. The van der Waals surface area contributed by atoms with E-state index in [4.69, 9.17) is 9.47 Å². The zero-order chi connectivity index (χ0) is 19.1. The Morgan fingerprint density at radius 2 is 1.76 bits per heavy atom. The summed E-state index contributed by atoms with van der Waals surface area (Å²) >= 11 is 0. The first kappa shape index (κ1) is 20.9. The fourth-order valence-electron chi connectivity index (χ4n) is 1.75. The van der Waals surface area contributed by atoms with Crippen molar-refractivity contribution in [2.75, 3.05) is 12.8 Å². The van der Waals surface area contributed by atoms with Crippen molar-refractivity contribution in [2.45, 2.75) is 39.0 Å². The largest absolute Gasteiger partial charge is 0.458 e. The predicted octanol–water partition coefficient (Wildman–Crippen LogP) is 1.17. The first-order chi connectivity index (χ1) is 11.5. The molecule has 8 nitrogen and oxygen atoms in total. The van der Waals surface area contributed by atoms with E-state index in [2.05, 4.69) is 10.0 Å². The Morgan fingerprint density at radius 3 is 2.28 bits per heavy atom. The molecular formula is C16H24N2O6S. The Morgan fingerprint density at radius 1 is 1.16 bits per heavy atom. The molecule has 0 unspecified atom stereocenters. The van der Waals surface area contributed by atoms with Gasteiger partial charge in [0, 0.05) is 0 Å². The van der Waals surface area contributed by atoms with Crippen LogP contribution in [0, 0.1) is 0 Å². The summed E-state index contributed by atoms with van der Waals surface area (Å²) in [7, 11) is -2.54. The molecule has 0 saturated heterocycles. The third-order valence-electron chi connectivity index (χ3n) is 2.89. The van der Waals surface area contributed by atoms with Gasteiger partial charge in [0.25, 0.3) is 0 Å². The van der Waals surface area contributed by atoms with Crippen molar-refractivity contribution >= 4 is 22.1 Å². The molecule has 1 aromatic rings. The number of benzene rings is 1. The van der Waals surface area contributed by atoms with Crippen LogP contribution >= 0.6 is 0 Å². The van der Waals surface area contributed by atoms with Crippen molar-refractivity contribution in [3.05, 3.63) is 35.9 Å². The smallest absolute Gasteiger partial charge is 0.408 e. The van der Waals surface area contributed by atoms with Gasteiger partial charge in [-0.05, 0) is 33.4 Å². The first-order valence-electron chi connectivity index (χ1n) is 7.64. The Kier molecular flexibility index (Phi) is 7.38. The lowest BCUT2D eigenvalue weighted by molar-refractivity contribution is -0.156. The number of sulfonamides is 1. The van der Waals surface area contributed by atoms with Gasteiger partial charge in [-0.1, -0.05) is 30.3 Å². The van der Waals surface area contributed by atoms with Gasteiger partial charge in [0.05, 0.1) is 5.75 Å². The Labute approximate surface area is 147 Å². The lowest BCUT2D eigenvalue weighted by atomic mass is 10.2. The number of rotatable bonds is 7. The second kappa shape index (κ2) is 8.82. The molecule has 140 valence electrons. The van der Waals surface area contributed by atoms with Gasteiger partial charge in [-0.25, -0.2) is 22.7 Å². The van der Waals surface area contributed by atoms with Gasteiger partial charge < -0.3 is 14.8 Å². The van der Waals surface area contributed by atoms with E-state index in [1.54, 1.807) is 45.0 Å². The molecule has 0 aliphatic heterocycles. The van der Waals surface area contributed by atoms with Crippen LogP contribution in [0.2, 0.25) is 0 Å².